The predicted molar refractivity (Wildman–Crippen MR) is 56.4 cm³/mol. The highest BCUT2D eigenvalue weighted by molar-refractivity contribution is 5.84. The van der Waals surface area contributed by atoms with E-state index >= 15 is 0 Å². The third-order valence-electron chi connectivity index (χ3n) is 2.00. The Bertz CT molecular complexity index is 454. The molecule has 0 spiro atoms. The van der Waals surface area contributed by atoms with Crippen molar-refractivity contribution in [2.45, 2.75) is 13.8 Å². The van der Waals surface area contributed by atoms with Crippen molar-refractivity contribution in [2.24, 2.45) is 0 Å². The predicted octanol–water partition coefficient (Wildman–Crippen LogP) is 1.80. The average molecular weight is 208 g/mol. The van der Waals surface area contributed by atoms with Gasteiger partial charge in [0.15, 0.2) is 6.29 Å². The van der Waals surface area contributed by atoms with Gasteiger partial charge in [-0.2, -0.15) is 0 Å². The maximum atomic E-state index is 11.4. The topological polar surface area (TPSA) is 56.5 Å². The van der Waals surface area contributed by atoms with Crippen molar-refractivity contribution in [1.82, 2.24) is 0 Å². The first-order valence-electron chi connectivity index (χ1n) is 4.45. The number of hydrogen-bond donors (Lipinski definition) is 0. The molecule has 15 heavy (non-hydrogen) atoms. The summed E-state index contributed by atoms with van der Waals surface area (Å²) >= 11 is 0. The lowest BCUT2D eigenvalue weighted by atomic mass is 10.1. The van der Waals surface area contributed by atoms with Crippen molar-refractivity contribution >= 4 is 12.4 Å². The van der Waals surface area contributed by atoms with Gasteiger partial charge in [0.05, 0.1) is 18.2 Å². The minimum absolute atomic E-state index is 0.222. The summed E-state index contributed by atoms with van der Waals surface area (Å²) in [5, 5.41) is 0. The molecule has 4 heteroatoms. The second kappa shape index (κ2) is 4.59. The fraction of sp³-hybridized carbons (Fsp3) is 0.273. The van der Waals surface area contributed by atoms with Gasteiger partial charge in [-0.25, -0.2) is 4.79 Å². The summed E-state index contributed by atoms with van der Waals surface area (Å²) in [5.74, 6) is 0.495. The normalized spacial score (nSPS) is 10.6. The molecule has 0 aliphatic carbocycles. The van der Waals surface area contributed by atoms with Gasteiger partial charge in [-0.1, -0.05) is 6.08 Å². The van der Waals surface area contributed by atoms with E-state index in [1.807, 2.05) is 0 Å². The van der Waals surface area contributed by atoms with Gasteiger partial charge >= 0.3 is 5.63 Å². The minimum atomic E-state index is -0.495. The van der Waals surface area contributed by atoms with Crippen LogP contribution in [0.15, 0.2) is 15.3 Å². The van der Waals surface area contributed by atoms with E-state index in [-0.39, 0.29) is 17.1 Å². The SMILES string of the molecule is C/C=C/c1oc(=O)c(C)c(OC)c1C=O. The van der Waals surface area contributed by atoms with Crippen LogP contribution in [0.5, 0.6) is 5.75 Å². The van der Waals surface area contributed by atoms with E-state index in [2.05, 4.69) is 0 Å². The molecule has 0 aliphatic rings. The first-order chi connectivity index (χ1) is 7.15. The standard InChI is InChI=1S/C11H12O4/c1-4-5-9-8(6-12)10(14-3)7(2)11(13)15-9/h4-6H,1-3H3/b5-4+. The van der Waals surface area contributed by atoms with Gasteiger partial charge in [0.1, 0.15) is 11.5 Å². The Kier molecular flexibility index (Phi) is 3.44. The van der Waals surface area contributed by atoms with Crippen LogP contribution in [0.25, 0.3) is 6.08 Å². The number of rotatable bonds is 3. The van der Waals surface area contributed by atoms with Crippen LogP contribution < -0.4 is 10.4 Å². The zero-order valence-corrected chi connectivity index (χ0v) is 8.87. The van der Waals surface area contributed by atoms with Crippen molar-refractivity contribution in [3.8, 4) is 5.75 Å². The number of carbonyl (C=O) groups is 1. The second-order valence-electron chi connectivity index (χ2n) is 2.94. The highest BCUT2D eigenvalue weighted by Gasteiger charge is 2.15. The minimum Gasteiger partial charge on any atom is -0.495 e. The molecular weight excluding hydrogens is 196 g/mol. The average Bonchev–Trinajstić information content (AvgIpc) is 2.23. The summed E-state index contributed by atoms with van der Waals surface area (Å²) in [6.45, 7) is 3.32. The number of aldehydes is 1. The monoisotopic (exact) mass is 208 g/mol. The highest BCUT2D eigenvalue weighted by atomic mass is 16.5. The Morgan fingerprint density at radius 3 is 2.53 bits per heavy atom. The molecule has 80 valence electrons. The van der Waals surface area contributed by atoms with E-state index in [0.717, 1.165) is 0 Å². The number of ether oxygens (including phenoxy) is 1. The van der Waals surface area contributed by atoms with Crippen LogP contribution in [0.4, 0.5) is 0 Å². The summed E-state index contributed by atoms with van der Waals surface area (Å²) in [7, 11) is 1.41. The highest BCUT2D eigenvalue weighted by Crippen LogP contribution is 2.23. The van der Waals surface area contributed by atoms with E-state index in [9.17, 15) is 9.59 Å². The molecule has 1 rings (SSSR count). The molecule has 0 amide bonds. The van der Waals surface area contributed by atoms with Crippen LogP contribution >= 0.6 is 0 Å². The van der Waals surface area contributed by atoms with E-state index in [1.165, 1.54) is 7.11 Å². The van der Waals surface area contributed by atoms with Crippen LogP contribution in [-0.4, -0.2) is 13.4 Å². The smallest absolute Gasteiger partial charge is 0.342 e. The first-order valence-corrected chi connectivity index (χ1v) is 4.45. The second-order valence-corrected chi connectivity index (χ2v) is 2.94. The van der Waals surface area contributed by atoms with Crippen molar-refractivity contribution < 1.29 is 13.9 Å². The number of methoxy groups -OCH3 is 1. The summed E-state index contributed by atoms with van der Waals surface area (Å²) in [6.07, 6.45) is 3.84. The molecule has 0 fully saturated rings. The maximum absolute atomic E-state index is 11.4. The van der Waals surface area contributed by atoms with Gasteiger partial charge < -0.3 is 9.15 Å². The van der Waals surface area contributed by atoms with Gasteiger partial charge in [0, 0.05) is 0 Å². The largest absolute Gasteiger partial charge is 0.495 e. The van der Waals surface area contributed by atoms with Crippen molar-refractivity contribution in [3.05, 3.63) is 33.4 Å². The Balaban J connectivity index is 3.61. The first kappa shape index (κ1) is 11.2. The maximum Gasteiger partial charge on any atom is 0.342 e. The fourth-order valence-electron chi connectivity index (χ4n) is 1.29. The van der Waals surface area contributed by atoms with Crippen molar-refractivity contribution in [2.75, 3.05) is 7.11 Å². The van der Waals surface area contributed by atoms with Crippen LogP contribution in [0, 0.1) is 6.92 Å². The van der Waals surface area contributed by atoms with Gasteiger partial charge in [-0.05, 0) is 19.9 Å². The third-order valence-corrected chi connectivity index (χ3v) is 2.00. The molecule has 0 aromatic carbocycles. The Morgan fingerprint density at radius 1 is 1.40 bits per heavy atom. The molecule has 4 nitrogen and oxygen atoms in total. The Labute approximate surface area is 87.2 Å². The summed E-state index contributed by atoms with van der Waals surface area (Å²) < 4.78 is 9.97. The van der Waals surface area contributed by atoms with E-state index in [1.54, 1.807) is 26.0 Å². The molecule has 0 bridgehead atoms. The van der Waals surface area contributed by atoms with Crippen LogP contribution in [-0.2, 0) is 0 Å². The molecule has 1 aromatic rings. The third kappa shape index (κ3) is 1.98. The van der Waals surface area contributed by atoms with Crippen LogP contribution in [0.3, 0.4) is 0 Å². The fourth-order valence-corrected chi connectivity index (χ4v) is 1.29. The molecule has 0 N–H and O–H groups in total. The zero-order valence-electron chi connectivity index (χ0n) is 8.87. The van der Waals surface area contributed by atoms with E-state index < -0.39 is 5.63 Å². The molecule has 0 unspecified atom stereocenters. The lowest BCUT2D eigenvalue weighted by Gasteiger charge is -2.07. The van der Waals surface area contributed by atoms with Crippen LogP contribution in [0.2, 0.25) is 0 Å². The molecule has 0 saturated carbocycles. The number of carbonyl (C=O) groups excluding carboxylic acids is 1. The lowest BCUT2D eigenvalue weighted by Crippen LogP contribution is -2.09. The van der Waals surface area contributed by atoms with Crippen LogP contribution in [0.1, 0.15) is 28.6 Å². The number of hydrogen-bond acceptors (Lipinski definition) is 4. The molecule has 1 aromatic heterocycles. The summed E-state index contributed by atoms with van der Waals surface area (Å²) in [4.78, 5) is 22.2. The zero-order chi connectivity index (χ0) is 11.4. The van der Waals surface area contributed by atoms with E-state index in [0.29, 0.717) is 11.8 Å². The van der Waals surface area contributed by atoms with Crippen molar-refractivity contribution in [3.63, 3.8) is 0 Å². The molecule has 1 heterocycles. The van der Waals surface area contributed by atoms with Gasteiger partial charge in [-0.3, -0.25) is 4.79 Å². The van der Waals surface area contributed by atoms with Gasteiger partial charge in [0.25, 0.3) is 0 Å². The number of allylic oxidation sites excluding steroid dienone is 1. The van der Waals surface area contributed by atoms with Gasteiger partial charge in [0.2, 0.25) is 0 Å². The Morgan fingerprint density at radius 2 is 2.07 bits per heavy atom. The Hall–Kier alpha value is -1.84. The summed E-state index contributed by atoms with van der Waals surface area (Å²) in [5.41, 5.74) is 0.0612. The van der Waals surface area contributed by atoms with E-state index in [4.69, 9.17) is 9.15 Å². The van der Waals surface area contributed by atoms with Gasteiger partial charge in [-0.15, -0.1) is 0 Å². The lowest BCUT2D eigenvalue weighted by molar-refractivity contribution is 0.111. The quantitative estimate of drug-likeness (QED) is 0.711. The molecule has 0 saturated heterocycles. The van der Waals surface area contributed by atoms with Crippen molar-refractivity contribution in [1.29, 1.82) is 0 Å². The molecule has 0 aliphatic heterocycles. The summed E-state index contributed by atoms with van der Waals surface area (Å²) in [6, 6.07) is 0. The molecule has 0 atom stereocenters. The molecule has 0 radical (unpaired) electrons. The molecular formula is C11H12O4.